The fourth-order valence-electron chi connectivity index (χ4n) is 4.91. The number of halogens is 1. The third-order valence-corrected chi connectivity index (χ3v) is 8.58. The molecular weight excluding hydrogens is 676 g/mol. The maximum atomic E-state index is 13.5. The lowest BCUT2D eigenvalue weighted by molar-refractivity contribution is 0.0427. The summed E-state index contributed by atoms with van der Waals surface area (Å²) in [4.78, 5) is 40.9. The van der Waals surface area contributed by atoms with Crippen molar-refractivity contribution in [2.45, 2.75) is 91.9 Å². The summed E-state index contributed by atoms with van der Waals surface area (Å²) in [6, 6.07) is 4.69. The summed E-state index contributed by atoms with van der Waals surface area (Å²) >= 11 is 6.87. The smallest absolute Gasteiger partial charge is 0.427 e. The van der Waals surface area contributed by atoms with Gasteiger partial charge in [-0.2, -0.15) is 23.5 Å². The number of carbonyl (C=O) groups is 2. The zero-order valence-electron chi connectivity index (χ0n) is 29.5. The Bertz CT molecular complexity index is 2010. The normalized spacial score (nSPS) is 12.2. The molecule has 4 aromatic rings. The number of anilines is 1. The molecule has 4 rings (SSSR count). The van der Waals surface area contributed by atoms with Gasteiger partial charge in [0.05, 0.1) is 31.3 Å². The number of hydrogen-bond acceptors (Lipinski definition) is 12. The maximum Gasteiger partial charge on any atom is 0.427 e. The van der Waals surface area contributed by atoms with Gasteiger partial charge in [-0.3, -0.25) is 9.17 Å². The number of methoxy groups -OCH3 is 1. The maximum absolute atomic E-state index is 13.5. The lowest BCUT2D eigenvalue weighted by Crippen LogP contribution is -2.44. The average Bonchev–Trinajstić information content (AvgIpc) is 3.31. The highest BCUT2D eigenvalue weighted by molar-refractivity contribution is 7.87. The van der Waals surface area contributed by atoms with Gasteiger partial charge in [0.2, 0.25) is 5.95 Å². The Labute approximate surface area is 290 Å². The number of carbonyl (C=O) groups excluding carboxylic acids is 2. The van der Waals surface area contributed by atoms with E-state index in [0.29, 0.717) is 16.3 Å². The standard InChI is InChI=1S/C33H41ClN6O8S/c1-12-46-49(43,44)23-14-13-18(2)15-21(23)25-24-27(34)36-29(40(30(41)47-32(5,6)7)31(42)48-33(8,9)10)37-28(24)39(38-25)17-22-20(4)26(45-11)19(3)16-35-22/h13-16H,12,17H2,1-11H3. The zero-order chi connectivity index (χ0) is 36.6. The summed E-state index contributed by atoms with van der Waals surface area (Å²) in [7, 11) is -2.67. The molecule has 0 aliphatic heterocycles. The van der Waals surface area contributed by atoms with Crippen molar-refractivity contribution in [1.82, 2.24) is 24.7 Å². The number of aromatic nitrogens is 5. The molecule has 0 unspecified atom stereocenters. The van der Waals surface area contributed by atoms with E-state index in [0.717, 1.165) is 16.7 Å². The highest BCUT2D eigenvalue weighted by Crippen LogP contribution is 2.38. The summed E-state index contributed by atoms with van der Waals surface area (Å²) in [6.45, 7) is 16.8. The summed E-state index contributed by atoms with van der Waals surface area (Å²) in [5, 5.41) is 4.71. The third kappa shape index (κ3) is 8.28. The molecule has 49 heavy (non-hydrogen) atoms. The van der Waals surface area contributed by atoms with Crippen LogP contribution in [0.25, 0.3) is 22.3 Å². The van der Waals surface area contributed by atoms with Gasteiger partial charge in [-0.05, 0) is 81.4 Å². The Hall–Kier alpha value is -4.34. The van der Waals surface area contributed by atoms with Crippen LogP contribution in [0.4, 0.5) is 15.5 Å². The summed E-state index contributed by atoms with van der Waals surface area (Å²) < 4.78 is 49.8. The number of pyridine rings is 1. The molecule has 2 amide bonds. The first-order valence-corrected chi connectivity index (χ1v) is 17.2. The Balaban J connectivity index is 2.08. The van der Waals surface area contributed by atoms with E-state index in [4.69, 9.17) is 35.1 Å². The average molecular weight is 717 g/mol. The number of fused-ring (bicyclic) bond motifs is 1. The molecular formula is C33H41ClN6O8S. The molecule has 0 spiro atoms. The molecule has 14 nitrogen and oxygen atoms in total. The van der Waals surface area contributed by atoms with Crippen LogP contribution in [-0.4, -0.2) is 70.3 Å². The van der Waals surface area contributed by atoms with Crippen molar-refractivity contribution in [3.05, 3.63) is 51.9 Å². The molecule has 0 N–H and O–H groups in total. The second-order valence-electron chi connectivity index (χ2n) is 13.2. The van der Waals surface area contributed by atoms with Crippen molar-refractivity contribution in [3.8, 4) is 17.0 Å². The number of benzene rings is 1. The molecule has 3 heterocycles. The van der Waals surface area contributed by atoms with Crippen molar-refractivity contribution in [2.24, 2.45) is 0 Å². The fourth-order valence-corrected chi connectivity index (χ4v) is 6.26. The van der Waals surface area contributed by atoms with Gasteiger partial charge < -0.3 is 14.2 Å². The molecule has 1 aromatic carbocycles. The number of rotatable bonds is 8. The van der Waals surface area contributed by atoms with Crippen molar-refractivity contribution >= 4 is 50.9 Å². The van der Waals surface area contributed by atoms with Crippen LogP contribution in [0.2, 0.25) is 5.15 Å². The molecule has 0 aliphatic rings. The highest BCUT2D eigenvalue weighted by Gasteiger charge is 2.36. The SMILES string of the molecule is CCOS(=O)(=O)c1ccc(C)cc1-c1nn(Cc2ncc(C)c(OC)c2C)c2nc(N(C(=O)OC(C)(C)C)C(=O)OC(C)(C)C)nc(Cl)c12. The molecule has 3 aromatic heterocycles. The quantitative estimate of drug-likeness (QED) is 0.137. The van der Waals surface area contributed by atoms with Crippen LogP contribution in [0.15, 0.2) is 29.3 Å². The van der Waals surface area contributed by atoms with Gasteiger partial charge in [-0.15, -0.1) is 4.90 Å². The number of amides is 2. The lowest BCUT2D eigenvalue weighted by Gasteiger charge is -2.27. The molecule has 0 atom stereocenters. The molecule has 0 radical (unpaired) electrons. The molecule has 0 saturated heterocycles. The van der Waals surface area contributed by atoms with Crippen molar-refractivity contribution in [3.63, 3.8) is 0 Å². The van der Waals surface area contributed by atoms with E-state index in [2.05, 4.69) is 15.0 Å². The summed E-state index contributed by atoms with van der Waals surface area (Å²) in [6.07, 6.45) is -0.553. The molecule has 0 aliphatic carbocycles. The Kier molecular flexibility index (Phi) is 10.6. The lowest BCUT2D eigenvalue weighted by atomic mass is 10.1. The van der Waals surface area contributed by atoms with Gasteiger partial charge in [0.25, 0.3) is 10.1 Å². The first-order chi connectivity index (χ1) is 22.7. The Morgan fingerprint density at radius 2 is 1.59 bits per heavy atom. The van der Waals surface area contributed by atoms with Crippen LogP contribution in [0.5, 0.6) is 5.75 Å². The van der Waals surface area contributed by atoms with E-state index in [1.165, 1.54) is 10.7 Å². The van der Waals surface area contributed by atoms with Crippen LogP contribution in [0, 0.1) is 20.8 Å². The van der Waals surface area contributed by atoms with Crippen LogP contribution in [-0.2, 0) is 30.3 Å². The number of imide groups is 1. The predicted octanol–water partition coefficient (Wildman–Crippen LogP) is 6.93. The highest BCUT2D eigenvalue weighted by atomic mass is 35.5. The van der Waals surface area contributed by atoms with Gasteiger partial charge in [0.1, 0.15) is 32.7 Å². The molecule has 16 heteroatoms. The Morgan fingerprint density at radius 3 is 2.14 bits per heavy atom. The molecule has 0 fully saturated rings. The number of hydrogen-bond donors (Lipinski definition) is 0. The van der Waals surface area contributed by atoms with E-state index < -0.39 is 39.5 Å². The van der Waals surface area contributed by atoms with Crippen molar-refractivity contribution in [2.75, 3.05) is 18.6 Å². The minimum absolute atomic E-state index is 0.00396. The van der Waals surface area contributed by atoms with Crippen LogP contribution >= 0.6 is 11.6 Å². The van der Waals surface area contributed by atoms with E-state index in [1.54, 1.807) is 80.8 Å². The summed E-state index contributed by atoms with van der Waals surface area (Å²) in [5.74, 6) is 0.172. The zero-order valence-corrected chi connectivity index (χ0v) is 31.0. The minimum atomic E-state index is -4.23. The van der Waals surface area contributed by atoms with Gasteiger partial charge in [-0.25, -0.2) is 14.3 Å². The predicted molar refractivity (Wildman–Crippen MR) is 184 cm³/mol. The first kappa shape index (κ1) is 37.5. The molecule has 0 saturated carbocycles. The van der Waals surface area contributed by atoms with Crippen molar-refractivity contribution < 1.29 is 36.4 Å². The van der Waals surface area contributed by atoms with Crippen LogP contribution in [0.3, 0.4) is 0 Å². The molecule has 0 bridgehead atoms. The third-order valence-electron chi connectivity index (χ3n) is 6.87. The van der Waals surface area contributed by atoms with Crippen LogP contribution in [0.1, 0.15) is 70.9 Å². The van der Waals surface area contributed by atoms with Gasteiger partial charge >= 0.3 is 12.2 Å². The van der Waals surface area contributed by atoms with Gasteiger partial charge in [0.15, 0.2) is 5.65 Å². The Morgan fingerprint density at radius 1 is 0.980 bits per heavy atom. The number of ether oxygens (including phenoxy) is 3. The topological polar surface area (TPSA) is 165 Å². The fraction of sp³-hybridized carbons (Fsp3) is 0.455. The number of nitrogens with zero attached hydrogens (tertiary/aromatic N) is 6. The van der Waals surface area contributed by atoms with Crippen molar-refractivity contribution in [1.29, 1.82) is 0 Å². The summed E-state index contributed by atoms with van der Waals surface area (Å²) in [5.41, 5.74) is 1.18. The first-order valence-electron chi connectivity index (χ1n) is 15.4. The van der Waals surface area contributed by atoms with Gasteiger partial charge in [0, 0.05) is 22.9 Å². The monoisotopic (exact) mass is 716 g/mol. The van der Waals surface area contributed by atoms with E-state index in [9.17, 15) is 18.0 Å². The minimum Gasteiger partial charge on any atom is -0.496 e. The van der Waals surface area contributed by atoms with E-state index >= 15 is 0 Å². The van der Waals surface area contributed by atoms with E-state index in [-0.39, 0.29) is 45.5 Å². The number of aryl methyl sites for hydroxylation is 2. The molecule has 264 valence electrons. The second kappa shape index (κ2) is 13.9. The van der Waals surface area contributed by atoms with Gasteiger partial charge in [-0.1, -0.05) is 23.2 Å². The second-order valence-corrected chi connectivity index (χ2v) is 15.2. The van der Waals surface area contributed by atoms with Crippen LogP contribution < -0.4 is 9.64 Å². The largest absolute Gasteiger partial charge is 0.496 e. The van der Waals surface area contributed by atoms with E-state index in [1.807, 2.05) is 13.8 Å².